The van der Waals surface area contributed by atoms with Gasteiger partial charge in [0.05, 0.1) is 36.7 Å². The Labute approximate surface area is 238 Å². The van der Waals surface area contributed by atoms with Crippen molar-refractivity contribution in [1.82, 2.24) is 24.1 Å². The van der Waals surface area contributed by atoms with E-state index in [-0.39, 0.29) is 35.7 Å². The first-order chi connectivity index (χ1) is 19.4. The van der Waals surface area contributed by atoms with Gasteiger partial charge in [-0.05, 0) is 49.1 Å². The Bertz CT molecular complexity index is 1430. The van der Waals surface area contributed by atoms with Crippen LogP contribution in [0.2, 0.25) is 0 Å². The molecule has 2 aliphatic rings. The highest BCUT2D eigenvalue weighted by atomic mass is 32.2. The molecule has 1 aromatic carbocycles. The van der Waals surface area contributed by atoms with Gasteiger partial charge in [0, 0.05) is 37.1 Å². The van der Waals surface area contributed by atoms with Crippen LogP contribution in [0.3, 0.4) is 0 Å². The summed E-state index contributed by atoms with van der Waals surface area (Å²) < 4.78 is 40.6. The maximum Gasteiger partial charge on any atom is 0.243 e. The number of anilines is 1. The van der Waals surface area contributed by atoms with Crippen molar-refractivity contribution in [2.75, 3.05) is 44.5 Å². The molecule has 2 atom stereocenters. The third kappa shape index (κ3) is 6.17. The van der Waals surface area contributed by atoms with Crippen LogP contribution in [-0.2, 0) is 19.6 Å². The molecule has 0 spiro atoms. The number of amides is 1. The van der Waals surface area contributed by atoms with Crippen LogP contribution in [0, 0.1) is 5.92 Å². The summed E-state index contributed by atoms with van der Waals surface area (Å²) in [7, 11) is -2.26. The smallest absolute Gasteiger partial charge is 0.243 e. The van der Waals surface area contributed by atoms with E-state index in [1.54, 1.807) is 18.5 Å². The molecular formula is C27H34N6O5S2. The molecule has 1 saturated carbocycles. The topological polar surface area (TPSA) is 129 Å². The van der Waals surface area contributed by atoms with E-state index < -0.39 is 10.0 Å². The van der Waals surface area contributed by atoms with Crippen LogP contribution in [0.25, 0.3) is 11.4 Å². The van der Waals surface area contributed by atoms with Crippen molar-refractivity contribution in [2.24, 2.45) is 5.92 Å². The van der Waals surface area contributed by atoms with E-state index in [4.69, 9.17) is 9.47 Å². The summed E-state index contributed by atoms with van der Waals surface area (Å²) in [6, 6.07) is 8.55. The maximum atomic E-state index is 13.2. The first-order valence-corrected chi connectivity index (χ1v) is 15.8. The number of morpholine rings is 1. The zero-order chi connectivity index (χ0) is 28.1. The summed E-state index contributed by atoms with van der Waals surface area (Å²) in [6.07, 6.45) is 7.99. The van der Waals surface area contributed by atoms with E-state index in [1.165, 1.54) is 41.7 Å². The Balaban J connectivity index is 1.35. The van der Waals surface area contributed by atoms with E-state index in [1.807, 2.05) is 12.1 Å². The van der Waals surface area contributed by atoms with Gasteiger partial charge in [-0.3, -0.25) is 14.3 Å². The number of carbonyl (C=O) groups is 1. The van der Waals surface area contributed by atoms with Crippen molar-refractivity contribution in [3.8, 4) is 17.1 Å². The van der Waals surface area contributed by atoms with E-state index >= 15 is 0 Å². The predicted octanol–water partition coefficient (Wildman–Crippen LogP) is 3.85. The molecule has 2 fully saturated rings. The molecule has 1 amide bonds. The second kappa shape index (κ2) is 12.7. The molecule has 214 valence electrons. The lowest BCUT2D eigenvalue weighted by Gasteiger charge is -2.31. The van der Waals surface area contributed by atoms with Crippen LogP contribution in [0.4, 0.5) is 5.69 Å². The molecule has 3 aromatic rings. The molecule has 40 heavy (non-hydrogen) atoms. The Kier molecular flexibility index (Phi) is 9.03. The van der Waals surface area contributed by atoms with Gasteiger partial charge in [-0.2, -0.15) is 4.31 Å². The monoisotopic (exact) mass is 586 g/mol. The van der Waals surface area contributed by atoms with Crippen LogP contribution < -0.4 is 10.1 Å². The van der Waals surface area contributed by atoms with Gasteiger partial charge >= 0.3 is 0 Å². The van der Waals surface area contributed by atoms with Crippen LogP contribution >= 0.6 is 11.8 Å². The molecule has 0 radical (unpaired) electrons. The van der Waals surface area contributed by atoms with Gasteiger partial charge < -0.3 is 14.8 Å². The quantitative estimate of drug-likeness (QED) is 0.372. The van der Waals surface area contributed by atoms with E-state index in [0.717, 1.165) is 30.7 Å². The molecule has 1 N–H and O–H groups in total. The van der Waals surface area contributed by atoms with Crippen molar-refractivity contribution in [1.29, 1.82) is 0 Å². The predicted molar refractivity (Wildman–Crippen MR) is 152 cm³/mol. The van der Waals surface area contributed by atoms with Gasteiger partial charge in [0.2, 0.25) is 15.9 Å². The standard InChI is InChI=1S/C27H34N6O5S2/c1-19-6-3-4-8-23(19)33-26(20-7-5-11-28-17-20)30-31-27(33)39-18-25(34)29-22-16-21(9-10-24(22)37-2)40(35,36)32-12-14-38-15-13-32/h5,7,9-11,16-17,19,23H,3-4,6,8,12-15,18H2,1-2H3,(H,29,34)/t19-,23-/m0/s1. The Morgan fingerprint density at radius 1 is 1.18 bits per heavy atom. The lowest BCUT2D eigenvalue weighted by Crippen LogP contribution is -2.40. The van der Waals surface area contributed by atoms with Gasteiger partial charge in [-0.1, -0.05) is 31.5 Å². The minimum atomic E-state index is -3.73. The maximum absolute atomic E-state index is 13.2. The summed E-state index contributed by atoms with van der Waals surface area (Å²) in [5, 5.41) is 12.5. The van der Waals surface area contributed by atoms with E-state index in [9.17, 15) is 13.2 Å². The number of hydrogen-bond acceptors (Lipinski definition) is 9. The minimum Gasteiger partial charge on any atom is -0.495 e. The molecule has 0 bridgehead atoms. The molecule has 1 aliphatic carbocycles. The fourth-order valence-corrected chi connectivity index (χ4v) is 7.47. The fraction of sp³-hybridized carbons (Fsp3) is 0.481. The minimum absolute atomic E-state index is 0.0653. The molecule has 3 heterocycles. The number of aromatic nitrogens is 4. The molecule has 0 unspecified atom stereocenters. The number of ether oxygens (including phenoxy) is 2. The number of hydrogen-bond donors (Lipinski definition) is 1. The highest BCUT2D eigenvalue weighted by Gasteiger charge is 2.30. The molecular weight excluding hydrogens is 552 g/mol. The van der Waals surface area contributed by atoms with E-state index in [2.05, 4.69) is 32.0 Å². The molecule has 5 rings (SSSR count). The van der Waals surface area contributed by atoms with Gasteiger partial charge in [-0.25, -0.2) is 8.42 Å². The number of thioether (sulfide) groups is 1. The number of benzene rings is 1. The average Bonchev–Trinajstić information content (AvgIpc) is 3.41. The van der Waals surface area contributed by atoms with Crippen LogP contribution in [0.5, 0.6) is 5.75 Å². The largest absolute Gasteiger partial charge is 0.495 e. The average molecular weight is 587 g/mol. The Morgan fingerprint density at radius 3 is 2.70 bits per heavy atom. The molecule has 13 heteroatoms. The Morgan fingerprint density at radius 2 is 1.98 bits per heavy atom. The third-order valence-electron chi connectivity index (χ3n) is 7.37. The van der Waals surface area contributed by atoms with Crippen LogP contribution in [0.1, 0.15) is 38.6 Å². The number of methoxy groups -OCH3 is 1. The van der Waals surface area contributed by atoms with Crippen LogP contribution in [0.15, 0.2) is 52.8 Å². The summed E-state index contributed by atoms with van der Waals surface area (Å²) >= 11 is 1.31. The van der Waals surface area contributed by atoms with E-state index in [0.29, 0.717) is 35.7 Å². The van der Waals surface area contributed by atoms with Crippen molar-refractivity contribution in [3.63, 3.8) is 0 Å². The number of nitrogens with zero attached hydrogens (tertiary/aromatic N) is 5. The van der Waals surface area contributed by atoms with Crippen molar-refractivity contribution in [2.45, 2.75) is 48.7 Å². The SMILES string of the molecule is COc1ccc(S(=O)(=O)N2CCOCC2)cc1NC(=O)CSc1nnc(-c2cccnc2)n1[C@H]1CCCC[C@@H]1C. The molecule has 1 saturated heterocycles. The zero-order valence-electron chi connectivity index (χ0n) is 22.7. The number of carbonyl (C=O) groups excluding carboxylic acids is 1. The van der Waals surface area contributed by atoms with Gasteiger partial charge in [0.15, 0.2) is 11.0 Å². The third-order valence-corrected chi connectivity index (χ3v) is 10.2. The van der Waals surface area contributed by atoms with Crippen molar-refractivity contribution in [3.05, 3.63) is 42.7 Å². The summed E-state index contributed by atoms with van der Waals surface area (Å²) in [5.41, 5.74) is 1.17. The van der Waals surface area contributed by atoms with Crippen LogP contribution in [-0.4, -0.2) is 77.5 Å². The number of pyridine rings is 1. The van der Waals surface area contributed by atoms with Gasteiger partial charge in [-0.15, -0.1) is 10.2 Å². The van der Waals surface area contributed by atoms with Gasteiger partial charge in [0.1, 0.15) is 5.75 Å². The summed E-state index contributed by atoms with van der Waals surface area (Å²) in [6.45, 7) is 3.52. The number of sulfonamides is 1. The number of nitrogens with one attached hydrogen (secondary N) is 1. The molecule has 2 aromatic heterocycles. The first kappa shape index (κ1) is 28.5. The Hall–Kier alpha value is -3.00. The molecule has 11 nitrogen and oxygen atoms in total. The van der Waals surface area contributed by atoms with Crippen molar-refractivity contribution >= 4 is 33.4 Å². The fourth-order valence-electron chi connectivity index (χ4n) is 5.24. The van der Waals surface area contributed by atoms with Gasteiger partial charge in [0.25, 0.3) is 0 Å². The highest BCUT2D eigenvalue weighted by Crippen LogP contribution is 2.39. The lowest BCUT2D eigenvalue weighted by molar-refractivity contribution is -0.113. The second-order valence-electron chi connectivity index (χ2n) is 9.96. The molecule has 1 aliphatic heterocycles. The summed E-state index contributed by atoms with van der Waals surface area (Å²) in [5.74, 6) is 1.33. The summed E-state index contributed by atoms with van der Waals surface area (Å²) in [4.78, 5) is 17.5. The highest BCUT2D eigenvalue weighted by molar-refractivity contribution is 7.99. The normalized spacial score (nSPS) is 20.2. The number of rotatable bonds is 9. The second-order valence-corrected chi connectivity index (χ2v) is 12.8. The zero-order valence-corrected chi connectivity index (χ0v) is 24.3. The lowest BCUT2D eigenvalue weighted by atomic mass is 9.85. The van der Waals surface area contributed by atoms with Crippen molar-refractivity contribution < 1.29 is 22.7 Å². The first-order valence-electron chi connectivity index (χ1n) is 13.4.